The van der Waals surface area contributed by atoms with Gasteiger partial charge in [0.2, 0.25) is 0 Å². The fourth-order valence-electron chi connectivity index (χ4n) is 1.05. The second-order valence-electron chi connectivity index (χ2n) is 3.20. The first-order valence-electron chi connectivity index (χ1n) is 3.96. The Bertz CT molecular complexity index is 352. The maximum atomic E-state index is 13.1. The number of aliphatic hydroxyl groups is 1. The monoisotopic (exact) mass is 205 g/mol. The number of nitrogens with two attached hydrogens (primary N) is 1. The molecule has 0 aliphatic rings. The minimum atomic E-state index is -1.70. The van der Waals surface area contributed by atoms with Crippen LogP contribution in [0.15, 0.2) is 12.1 Å². The third-order valence-corrected chi connectivity index (χ3v) is 2.01. The van der Waals surface area contributed by atoms with Crippen LogP contribution in [0.2, 0.25) is 0 Å². The van der Waals surface area contributed by atoms with Crippen LogP contribution < -0.4 is 5.73 Å². The van der Waals surface area contributed by atoms with Crippen LogP contribution in [0.5, 0.6) is 0 Å². The Kier molecular flexibility index (Phi) is 2.82. The molecule has 0 aliphatic carbocycles. The van der Waals surface area contributed by atoms with Gasteiger partial charge in [0.05, 0.1) is 0 Å². The second-order valence-corrected chi connectivity index (χ2v) is 3.20. The smallest absolute Gasteiger partial charge is 0.194 e. The molecule has 0 amide bonds. The molecule has 1 aromatic carbocycles. The SMILES string of the molecule is CC(O)(CN)c1ccc(F)c(F)c1F. The molecule has 5 heteroatoms. The summed E-state index contributed by atoms with van der Waals surface area (Å²) in [6, 6.07) is 1.72. The number of benzene rings is 1. The van der Waals surface area contributed by atoms with E-state index in [0.717, 1.165) is 12.1 Å². The van der Waals surface area contributed by atoms with Crippen molar-refractivity contribution in [2.45, 2.75) is 12.5 Å². The highest BCUT2D eigenvalue weighted by molar-refractivity contribution is 5.26. The Morgan fingerprint density at radius 1 is 1.29 bits per heavy atom. The Hall–Kier alpha value is -1.07. The molecule has 1 unspecified atom stereocenters. The Morgan fingerprint density at radius 2 is 1.86 bits per heavy atom. The van der Waals surface area contributed by atoms with Gasteiger partial charge in [0.15, 0.2) is 17.5 Å². The molecule has 0 heterocycles. The van der Waals surface area contributed by atoms with E-state index >= 15 is 0 Å². The lowest BCUT2D eigenvalue weighted by molar-refractivity contribution is 0.0619. The van der Waals surface area contributed by atoms with Gasteiger partial charge in [0.1, 0.15) is 5.60 Å². The molecule has 3 N–H and O–H groups in total. The highest BCUT2D eigenvalue weighted by Gasteiger charge is 2.27. The molecule has 2 nitrogen and oxygen atoms in total. The lowest BCUT2D eigenvalue weighted by atomic mass is 9.95. The molecule has 0 aliphatic heterocycles. The number of rotatable bonds is 2. The molecule has 0 saturated carbocycles. The molecule has 1 aromatic rings. The lowest BCUT2D eigenvalue weighted by Crippen LogP contribution is -2.32. The van der Waals surface area contributed by atoms with Gasteiger partial charge in [0, 0.05) is 12.1 Å². The minimum absolute atomic E-state index is 0.283. The second kappa shape index (κ2) is 3.59. The summed E-state index contributed by atoms with van der Waals surface area (Å²) in [5.74, 6) is -4.30. The van der Waals surface area contributed by atoms with Crippen molar-refractivity contribution in [1.82, 2.24) is 0 Å². The van der Waals surface area contributed by atoms with E-state index in [1.54, 1.807) is 0 Å². The van der Waals surface area contributed by atoms with E-state index in [-0.39, 0.29) is 12.1 Å². The molecular formula is C9H10F3NO. The van der Waals surface area contributed by atoms with Crippen molar-refractivity contribution >= 4 is 0 Å². The first kappa shape index (κ1) is 11.0. The molecule has 0 fully saturated rings. The van der Waals surface area contributed by atoms with E-state index in [0.29, 0.717) is 0 Å². The van der Waals surface area contributed by atoms with Crippen LogP contribution in [0.25, 0.3) is 0 Å². The number of hydrogen-bond donors (Lipinski definition) is 2. The maximum absolute atomic E-state index is 13.1. The van der Waals surface area contributed by atoms with Crippen molar-refractivity contribution in [2.24, 2.45) is 5.73 Å². The van der Waals surface area contributed by atoms with Gasteiger partial charge in [0.25, 0.3) is 0 Å². The third kappa shape index (κ3) is 1.73. The maximum Gasteiger partial charge on any atom is 0.194 e. The summed E-state index contributed by atoms with van der Waals surface area (Å²) < 4.78 is 38.4. The van der Waals surface area contributed by atoms with E-state index in [1.807, 2.05) is 0 Å². The molecule has 1 atom stereocenters. The van der Waals surface area contributed by atoms with E-state index in [1.165, 1.54) is 6.92 Å². The summed E-state index contributed by atoms with van der Waals surface area (Å²) in [6.07, 6.45) is 0. The minimum Gasteiger partial charge on any atom is -0.384 e. The predicted octanol–water partition coefficient (Wildman–Crippen LogP) is 1.27. The van der Waals surface area contributed by atoms with E-state index in [9.17, 15) is 18.3 Å². The van der Waals surface area contributed by atoms with Gasteiger partial charge < -0.3 is 10.8 Å². The summed E-state index contributed by atoms with van der Waals surface area (Å²) >= 11 is 0. The summed E-state index contributed by atoms with van der Waals surface area (Å²) in [5.41, 5.74) is 3.12. The van der Waals surface area contributed by atoms with Gasteiger partial charge in [-0.15, -0.1) is 0 Å². The van der Waals surface area contributed by atoms with Gasteiger partial charge in [-0.2, -0.15) is 0 Å². The summed E-state index contributed by atoms with van der Waals surface area (Å²) in [4.78, 5) is 0. The number of halogens is 3. The number of hydrogen-bond acceptors (Lipinski definition) is 2. The quantitative estimate of drug-likeness (QED) is 0.714. The van der Waals surface area contributed by atoms with Gasteiger partial charge in [-0.25, -0.2) is 13.2 Å². The molecule has 0 saturated heterocycles. The largest absolute Gasteiger partial charge is 0.384 e. The van der Waals surface area contributed by atoms with Crippen LogP contribution >= 0.6 is 0 Å². The third-order valence-electron chi connectivity index (χ3n) is 2.01. The summed E-state index contributed by atoms with van der Waals surface area (Å²) in [6.45, 7) is 0.942. The van der Waals surface area contributed by atoms with Crippen molar-refractivity contribution in [2.75, 3.05) is 6.54 Å². The summed E-state index contributed by atoms with van der Waals surface area (Å²) in [7, 11) is 0. The highest BCUT2D eigenvalue weighted by atomic mass is 19.2. The topological polar surface area (TPSA) is 46.2 Å². The Morgan fingerprint density at radius 3 is 2.36 bits per heavy atom. The van der Waals surface area contributed by atoms with Gasteiger partial charge in [-0.05, 0) is 13.0 Å². The first-order chi connectivity index (χ1) is 6.40. The van der Waals surface area contributed by atoms with Crippen molar-refractivity contribution in [3.63, 3.8) is 0 Å². The van der Waals surface area contributed by atoms with E-state index in [2.05, 4.69) is 0 Å². The molecule has 78 valence electrons. The molecule has 0 aromatic heterocycles. The standard InChI is InChI=1S/C9H10F3NO/c1-9(14,4-13)5-2-3-6(10)8(12)7(5)11/h2-3,14H,4,13H2,1H3. The van der Waals surface area contributed by atoms with Crippen molar-refractivity contribution in [3.8, 4) is 0 Å². The van der Waals surface area contributed by atoms with Crippen LogP contribution in [0.3, 0.4) is 0 Å². The van der Waals surface area contributed by atoms with Crippen LogP contribution in [0, 0.1) is 17.5 Å². The van der Waals surface area contributed by atoms with Crippen molar-refractivity contribution < 1.29 is 18.3 Å². The summed E-state index contributed by atoms with van der Waals surface area (Å²) in [5, 5.41) is 9.54. The van der Waals surface area contributed by atoms with Gasteiger partial charge in [-0.3, -0.25) is 0 Å². The molecular weight excluding hydrogens is 195 g/mol. The molecule has 0 spiro atoms. The lowest BCUT2D eigenvalue weighted by Gasteiger charge is -2.22. The fraction of sp³-hybridized carbons (Fsp3) is 0.333. The zero-order valence-electron chi connectivity index (χ0n) is 7.52. The van der Waals surface area contributed by atoms with E-state index < -0.39 is 23.1 Å². The fourth-order valence-corrected chi connectivity index (χ4v) is 1.05. The van der Waals surface area contributed by atoms with Crippen LogP contribution in [0.1, 0.15) is 12.5 Å². The Labute approximate surface area is 79.2 Å². The van der Waals surface area contributed by atoms with Gasteiger partial charge in [-0.1, -0.05) is 6.07 Å². The average Bonchev–Trinajstić information content (AvgIpc) is 2.14. The van der Waals surface area contributed by atoms with Crippen LogP contribution in [-0.4, -0.2) is 11.7 Å². The zero-order chi connectivity index (χ0) is 10.9. The average molecular weight is 205 g/mol. The van der Waals surface area contributed by atoms with Crippen molar-refractivity contribution in [3.05, 3.63) is 35.1 Å². The van der Waals surface area contributed by atoms with Crippen LogP contribution in [-0.2, 0) is 5.60 Å². The molecule has 14 heavy (non-hydrogen) atoms. The highest BCUT2D eigenvalue weighted by Crippen LogP contribution is 2.25. The zero-order valence-corrected chi connectivity index (χ0v) is 7.52. The molecule has 0 bridgehead atoms. The van der Waals surface area contributed by atoms with Crippen molar-refractivity contribution in [1.29, 1.82) is 0 Å². The van der Waals surface area contributed by atoms with Gasteiger partial charge >= 0.3 is 0 Å². The Balaban J connectivity index is 3.31. The van der Waals surface area contributed by atoms with Crippen LogP contribution in [0.4, 0.5) is 13.2 Å². The normalized spacial score (nSPS) is 15.3. The predicted molar refractivity (Wildman–Crippen MR) is 44.9 cm³/mol. The molecule has 0 radical (unpaired) electrons. The van der Waals surface area contributed by atoms with E-state index in [4.69, 9.17) is 5.73 Å². The first-order valence-corrected chi connectivity index (χ1v) is 3.96. The molecule has 1 rings (SSSR count).